The number of aliphatic carboxylic acids is 1. The minimum absolute atomic E-state index is 0.359. The molecular formula is C12H15FN2O2. The molecule has 1 aromatic rings. The van der Waals surface area contributed by atoms with Gasteiger partial charge in [-0.05, 0) is 31.5 Å². The summed E-state index contributed by atoms with van der Waals surface area (Å²) in [6.07, 6.45) is 3.40. The highest BCUT2D eigenvalue weighted by molar-refractivity contribution is 5.74. The molecule has 17 heavy (non-hydrogen) atoms. The van der Waals surface area contributed by atoms with Gasteiger partial charge >= 0.3 is 5.97 Å². The molecular weight excluding hydrogens is 223 g/mol. The van der Waals surface area contributed by atoms with Gasteiger partial charge in [0.15, 0.2) is 0 Å². The lowest BCUT2D eigenvalue weighted by Crippen LogP contribution is -2.31. The highest BCUT2D eigenvalue weighted by Gasteiger charge is 2.40. The lowest BCUT2D eigenvalue weighted by atomic mass is 9.90. The van der Waals surface area contributed by atoms with Crippen molar-refractivity contribution >= 4 is 5.97 Å². The zero-order valence-electron chi connectivity index (χ0n) is 9.69. The Morgan fingerprint density at radius 3 is 3.00 bits per heavy atom. The second-order valence-corrected chi connectivity index (χ2v) is 4.84. The number of halogens is 1. The van der Waals surface area contributed by atoms with Gasteiger partial charge in [-0.3, -0.25) is 14.7 Å². The molecule has 1 aromatic heterocycles. The maximum Gasteiger partial charge on any atom is 0.310 e. The number of carbonyl (C=O) groups is 1. The third kappa shape index (κ3) is 2.61. The van der Waals surface area contributed by atoms with Crippen molar-refractivity contribution in [3.63, 3.8) is 0 Å². The molecule has 0 amide bonds. The minimum atomic E-state index is -0.766. The van der Waals surface area contributed by atoms with Crippen molar-refractivity contribution < 1.29 is 14.3 Å². The molecule has 1 aliphatic heterocycles. The van der Waals surface area contributed by atoms with Crippen molar-refractivity contribution in [2.45, 2.75) is 19.9 Å². The number of pyridine rings is 1. The summed E-state index contributed by atoms with van der Waals surface area (Å²) < 4.78 is 12.9. The number of aromatic nitrogens is 1. The van der Waals surface area contributed by atoms with Crippen molar-refractivity contribution in [2.75, 3.05) is 13.1 Å². The maximum absolute atomic E-state index is 12.9. The summed E-state index contributed by atoms with van der Waals surface area (Å²) in [5.41, 5.74) is 0.0976. The van der Waals surface area contributed by atoms with Crippen LogP contribution in [0, 0.1) is 11.2 Å². The van der Waals surface area contributed by atoms with E-state index < -0.39 is 11.4 Å². The van der Waals surface area contributed by atoms with Crippen molar-refractivity contribution in [3.05, 3.63) is 29.8 Å². The van der Waals surface area contributed by atoms with E-state index in [-0.39, 0.29) is 5.82 Å². The van der Waals surface area contributed by atoms with Crippen LogP contribution in [0.25, 0.3) is 0 Å². The van der Waals surface area contributed by atoms with Gasteiger partial charge in [0.05, 0.1) is 11.6 Å². The number of hydrogen-bond donors (Lipinski definition) is 1. The molecule has 0 saturated carbocycles. The van der Waals surface area contributed by atoms with Gasteiger partial charge in [-0.15, -0.1) is 0 Å². The van der Waals surface area contributed by atoms with Crippen LogP contribution >= 0.6 is 0 Å². The summed E-state index contributed by atoms with van der Waals surface area (Å²) in [5, 5.41) is 9.10. The normalized spacial score (nSPS) is 25.1. The molecule has 5 heteroatoms. The van der Waals surface area contributed by atoms with Gasteiger partial charge in [-0.25, -0.2) is 4.39 Å². The summed E-state index contributed by atoms with van der Waals surface area (Å²) in [5.74, 6) is -1.12. The third-order valence-electron chi connectivity index (χ3n) is 3.24. The van der Waals surface area contributed by atoms with E-state index >= 15 is 0 Å². The monoisotopic (exact) mass is 238 g/mol. The molecule has 4 nitrogen and oxygen atoms in total. The summed E-state index contributed by atoms with van der Waals surface area (Å²) in [4.78, 5) is 16.9. The topological polar surface area (TPSA) is 53.4 Å². The molecule has 1 fully saturated rings. The highest BCUT2D eigenvalue weighted by atomic mass is 19.1. The first kappa shape index (κ1) is 12.0. The van der Waals surface area contributed by atoms with Crippen LogP contribution in [0.1, 0.15) is 18.9 Å². The lowest BCUT2D eigenvalue weighted by molar-refractivity contribution is -0.147. The zero-order chi connectivity index (χ0) is 12.5. The molecule has 92 valence electrons. The molecule has 2 heterocycles. The van der Waals surface area contributed by atoms with Crippen LogP contribution < -0.4 is 0 Å². The first-order chi connectivity index (χ1) is 7.99. The summed E-state index contributed by atoms with van der Waals surface area (Å²) in [6, 6.07) is 1.43. The van der Waals surface area contributed by atoms with E-state index in [0.29, 0.717) is 19.5 Å². The quantitative estimate of drug-likeness (QED) is 0.867. The zero-order valence-corrected chi connectivity index (χ0v) is 9.69. The van der Waals surface area contributed by atoms with Gasteiger partial charge in [0.25, 0.3) is 0 Å². The number of carboxylic acids is 1. The average Bonchev–Trinajstić information content (AvgIpc) is 2.61. The first-order valence-corrected chi connectivity index (χ1v) is 5.55. The van der Waals surface area contributed by atoms with E-state index in [2.05, 4.69) is 4.98 Å². The molecule has 1 aliphatic rings. The van der Waals surface area contributed by atoms with Gasteiger partial charge in [0.2, 0.25) is 0 Å². The van der Waals surface area contributed by atoms with Crippen LogP contribution in [0.2, 0.25) is 0 Å². The molecule has 1 atom stereocenters. The van der Waals surface area contributed by atoms with E-state index in [4.69, 9.17) is 5.11 Å². The number of nitrogens with zero attached hydrogens (tertiary/aromatic N) is 2. The predicted molar refractivity (Wildman–Crippen MR) is 59.8 cm³/mol. The standard InChI is InChI=1S/C12H15FN2O2/c1-12(11(16)17)2-3-15(8-12)7-9-4-10(13)6-14-5-9/h4-6H,2-3,7-8H2,1H3,(H,16,17). The van der Waals surface area contributed by atoms with E-state index in [1.165, 1.54) is 6.07 Å². The Morgan fingerprint density at radius 1 is 1.65 bits per heavy atom. The molecule has 1 N–H and O–H groups in total. The molecule has 0 spiro atoms. The van der Waals surface area contributed by atoms with Crippen LogP contribution in [0.3, 0.4) is 0 Å². The van der Waals surface area contributed by atoms with Gasteiger partial charge in [0, 0.05) is 19.3 Å². The van der Waals surface area contributed by atoms with Crippen molar-refractivity contribution in [1.29, 1.82) is 0 Å². The van der Waals surface area contributed by atoms with Crippen LogP contribution in [-0.2, 0) is 11.3 Å². The SMILES string of the molecule is CC1(C(=O)O)CCN(Cc2cncc(F)c2)C1. The Hall–Kier alpha value is -1.49. The van der Waals surface area contributed by atoms with Crippen molar-refractivity contribution in [1.82, 2.24) is 9.88 Å². The smallest absolute Gasteiger partial charge is 0.310 e. The summed E-state index contributed by atoms with van der Waals surface area (Å²) in [6.45, 7) is 3.52. The lowest BCUT2D eigenvalue weighted by Gasteiger charge is -2.19. The average molecular weight is 238 g/mol. The molecule has 1 saturated heterocycles. The number of rotatable bonds is 3. The first-order valence-electron chi connectivity index (χ1n) is 5.55. The third-order valence-corrected chi connectivity index (χ3v) is 3.24. The van der Waals surface area contributed by atoms with Crippen molar-refractivity contribution in [3.8, 4) is 0 Å². The Labute approximate surface area is 99.1 Å². The molecule has 0 aromatic carbocycles. The fraction of sp³-hybridized carbons (Fsp3) is 0.500. The largest absolute Gasteiger partial charge is 0.481 e. The molecule has 0 aliphatic carbocycles. The number of carboxylic acid groups (broad SMARTS) is 1. The van der Waals surface area contributed by atoms with E-state index in [1.807, 2.05) is 4.90 Å². The van der Waals surface area contributed by atoms with E-state index in [9.17, 15) is 9.18 Å². The van der Waals surface area contributed by atoms with E-state index in [1.54, 1.807) is 13.1 Å². The highest BCUT2D eigenvalue weighted by Crippen LogP contribution is 2.30. The Morgan fingerprint density at radius 2 is 2.41 bits per heavy atom. The molecule has 0 bridgehead atoms. The van der Waals surface area contributed by atoms with Crippen LogP contribution in [0.5, 0.6) is 0 Å². The van der Waals surface area contributed by atoms with Gasteiger partial charge in [0.1, 0.15) is 5.82 Å². The fourth-order valence-electron chi connectivity index (χ4n) is 2.17. The summed E-state index contributed by atoms with van der Waals surface area (Å²) in [7, 11) is 0. The van der Waals surface area contributed by atoms with Crippen LogP contribution in [-0.4, -0.2) is 34.0 Å². The van der Waals surface area contributed by atoms with Crippen LogP contribution in [0.4, 0.5) is 4.39 Å². The minimum Gasteiger partial charge on any atom is -0.481 e. The van der Waals surface area contributed by atoms with E-state index in [0.717, 1.165) is 18.3 Å². The fourth-order valence-corrected chi connectivity index (χ4v) is 2.17. The Bertz CT molecular complexity index is 438. The molecule has 2 rings (SSSR count). The predicted octanol–water partition coefficient (Wildman–Crippen LogP) is 1.52. The van der Waals surface area contributed by atoms with Gasteiger partial charge < -0.3 is 5.11 Å². The molecule has 1 unspecified atom stereocenters. The molecule has 0 radical (unpaired) electrons. The number of hydrogen-bond acceptors (Lipinski definition) is 3. The summed E-state index contributed by atoms with van der Waals surface area (Å²) >= 11 is 0. The Balaban J connectivity index is 2.01. The van der Waals surface area contributed by atoms with Crippen LogP contribution in [0.15, 0.2) is 18.5 Å². The second kappa shape index (κ2) is 4.41. The van der Waals surface area contributed by atoms with Gasteiger partial charge in [-0.2, -0.15) is 0 Å². The second-order valence-electron chi connectivity index (χ2n) is 4.84. The maximum atomic E-state index is 12.9. The Kier molecular flexibility index (Phi) is 3.11. The number of likely N-dealkylation sites (tertiary alicyclic amines) is 1. The van der Waals surface area contributed by atoms with Gasteiger partial charge in [-0.1, -0.05) is 0 Å². The van der Waals surface area contributed by atoms with Crippen molar-refractivity contribution in [2.24, 2.45) is 5.41 Å².